The fraction of sp³-hybridized carbons (Fsp3) is 0.160. The first-order chi connectivity index (χ1) is 15.9. The van der Waals surface area contributed by atoms with Crippen molar-refractivity contribution in [1.29, 1.82) is 0 Å². The van der Waals surface area contributed by atoms with Gasteiger partial charge in [0, 0.05) is 22.7 Å². The Labute approximate surface area is 195 Å². The summed E-state index contributed by atoms with van der Waals surface area (Å²) in [4.78, 5) is 38.1. The zero-order valence-electron chi connectivity index (χ0n) is 17.7. The van der Waals surface area contributed by atoms with E-state index in [0.717, 1.165) is 5.56 Å². The third kappa shape index (κ3) is 5.15. The minimum Gasteiger partial charge on any atom is -0.454 e. The number of fused-ring (bicyclic) bond motifs is 1. The maximum absolute atomic E-state index is 12.9. The van der Waals surface area contributed by atoms with Crippen LogP contribution in [0, 0.1) is 0 Å². The first kappa shape index (κ1) is 22.4. The van der Waals surface area contributed by atoms with E-state index in [1.165, 1.54) is 19.1 Å². The van der Waals surface area contributed by atoms with Crippen LogP contribution in [-0.2, 0) is 16.1 Å². The number of ketones is 1. The van der Waals surface area contributed by atoms with E-state index in [1.54, 1.807) is 48.5 Å². The maximum atomic E-state index is 12.9. The Balaban J connectivity index is 1.40. The number of benzene rings is 3. The molecule has 3 aromatic carbocycles. The van der Waals surface area contributed by atoms with Crippen molar-refractivity contribution < 1.29 is 28.6 Å². The van der Waals surface area contributed by atoms with Gasteiger partial charge in [-0.15, -0.1) is 0 Å². The third-order valence-corrected chi connectivity index (χ3v) is 5.31. The van der Waals surface area contributed by atoms with Crippen LogP contribution < -0.4 is 14.8 Å². The molecule has 3 aromatic rings. The number of hydrogen-bond donors (Lipinski definition) is 1. The highest BCUT2D eigenvalue weighted by molar-refractivity contribution is 6.30. The molecule has 1 amide bonds. The summed E-state index contributed by atoms with van der Waals surface area (Å²) in [6.45, 7) is 1.86. The molecule has 1 aliphatic heterocycles. The van der Waals surface area contributed by atoms with E-state index in [1.807, 2.05) is 6.07 Å². The molecule has 1 N–H and O–H groups in total. The van der Waals surface area contributed by atoms with Crippen LogP contribution in [0.1, 0.15) is 38.8 Å². The van der Waals surface area contributed by atoms with Gasteiger partial charge in [0.25, 0.3) is 5.91 Å². The Morgan fingerprint density at radius 2 is 1.67 bits per heavy atom. The van der Waals surface area contributed by atoms with Crippen molar-refractivity contribution in [2.24, 2.45) is 0 Å². The molecule has 0 spiro atoms. The number of carbonyl (C=O) groups excluding carboxylic acids is 3. The van der Waals surface area contributed by atoms with Gasteiger partial charge in [-0.3, -0.25) is 9.59 Å². The van der Waals surface area contributed by atoms with Crippen LogP contribution in [0.4, 0.5) is 0 Å². The second-order valence-corrected chi connectivity index (χ2v) is 7.77. The molecule has 0 bridgehead atoms. The van der Waals surface area contributed by atoms with Crippen molar-refractivity contribution in [2.45, 2.75) is 19.6 Å². The molecule has 0 saturated carbocycles. The minimum absolute atomic E-state index is 0.0767. The monoisotopic (exact) mass is 465 g/mol. The van der Waals surface area contributed by atoms with Crippen molar-refractivity contribution in [1.82, 2.24) is 5.32 Å². The number of amides is 1. The standard InChI is InChI=1S/C25H20ClNO6/c1-15(24(29)27-13-16-6-11-21-22(12-16)32-14-31-21)33-25(30)20-5-3-2-4-19(20)23(28)17-7-9-18(26)10-8-17/h2-12,15H,13-14H2,1H3,(H,27,29). The molecule has 33 heavy (non-hydrogen) atoms. The van der Waals surface area contributed by atoms with Gasteiger partial charge in [0.05, 0.1) is 5.56 Å². The first-order valence-electron chi connectivity index (χ1n) is 10.2. The van der Waals surface area contributed by atoms with Crippen molar-refractivity contribution in [3.05, 3.63) is 94.0 Å². The van der Waals surface area contributed by atoms with E-state index in [0.29, 0.717) is 22.1 Å². The van der Waals surface area contributed by atoms with Crippen LogP contribution in [0.3, 0.4) is 0 Å². The molecule has 4 rings (SSSR count). The Hall–Kier alpha value is -3.84. The molecule has 0 saturated heterocycles. The lowest BCUT2D eigenvalue weighted by Gasteiger charge is -2.15. The minimum atomic E-state index is -1.06. The van der Waals surface area contributed by atoms with Gasteiger partial charge in [0.15, 0.2) is 23.4 Å². The maximum Gasteiger partial charge on any atom is 0.339 e. The van der Waals surface area contributed by atoms with Gasteiger partial charge in [-0.25, -0.2) is 4.79 Å². The summed E-state index contributed by atoms with van der Waals surface area (Å²) >= 11 is 5.89. The average molecular weight is 466 g/mol. The normalized spacial score (nSPS) is 12.7. The van der Waals surface area contributed by atoms with Gasteiger partial charge in [-0.1, -0.05) is 35.9 Å². The third-order valence-electron chi connectivity index (χ3n) is 5.05. The summed E-state index contributed by atoms with van der Waals surface area (Å²) in [5, 5.41) is 3.22. The van der Waals surface area contributed by atoms with Crippen LogP contribution >= 0.6 is 11.6 Å². The van der Waals surface area contributed by atoms with E-state index in [2.05, 4.69) is 5.32 Å². The molecular weight excluding hydrogens is 446 g/mol. The lowest BCUT2D eigenvalue weighted by molar-refractivity contribution is -0.129. The predicted octanol–water partition coefficient (Wildman–Crippen LogP) is 4.16. The summed E-state index contributed by atoms with van der Waals surface area (Å²) in [6, 6.07) is 18.0. The highest BCUT2D eigenvalue weighted by Gasteiger charge is 2.23. The summed E-state index contributed by atoms with van der Waals surface area (Å²) in [7, 11) is 0. The number of ether oxygens (including phenoxy) is 3. The second-order valence-electron chi connectivity index (χ2n) is 7.33. The Morgan fingerprint density at radius 1 is 0.970 bits per heavy atom. The highest BCUT2D eigenvalue weighted by atomic mass is 35.5. The molecular formula is C25H20ClNO6. The van der Waals surface area contributed by atoms with Gasteiger partial charge in [0.1, 0.15) is 0 Å². The van der Waals surface area contributed by atoms with E-state index in [4.69, 9.17) is 25.8 Å². The Morgan fingerprint density at radius 3 is 2.42 bits per heavy atom. The Bertz CT molecular complexity index is 1210. The zero-order valence-corrected chi connectivity index (χ0v) is 18.4. The number of esters is 1. The molecule has 168 valence electrons. The second kappa shape index (κ2) is 9.75. The summed E-state index contributed by atoms with van der Waals surface area (Å²) in [5.41, 5.74) is 1.45. The quantitative estimate of drug-likeness (QED) is 0.416. The van der Waals surface area contributed by atoms with Crippen LogP contribution in [0.25, 0.3) is 0 Å². The molecule has 1 aliphatic rings. The first-order valence-corrected chi connectivity index (χ1v) is 10.6. The molecule has 0 aromatic heterocycles. The molecule has 0 fully saturated rings. The zero-order chi connectivity index (χ0) is 23.4. The lowest BCUT2D eigenvalue weighted by atomic mass is 9.98. The highest BCUT2D eigenvalue weighted by Crippen LogP contribution is 2.32. The van der Waals surface area contributed by atoms with E-state index in [9.17, 15) is 14.4 Å². The van der Waals surface area contributed by atoms with E-state index in [-0.39, 0.29) is 30.2 Å². The van der Waals surface area contributed by atoms with Crippen LogP contribution in [0.15, 0.2) is 66.7 Å². The Kier molecular flexibility index (Phi) is 6.60. The molecule has 1 heterocycles. The van der Waals surface area contributed by atoms with E-state index < -0.39 is 18.0 Å². The molecule has 8 heteroatoms. The number of halogens is 1. The SMILES string of the molecule is CC(OC(=O)c1ccccc1C(=O)c1ccc(Cl)cc1)C(=O)NCc1ccc2c(c1)OCO2. The molecule has 0 radical (unpaired) electrons. The number of rotatable bonds is 7. The number of hydrogen-bond acceptors (Lipinski definition) is 6. The largest absolute Gasteiger partial charge is 0.454 e. The van der Waals surface area contributed by atoms with Crippen molar-refractivity contribution in [2.75, 3.05) is 6.79 Å². The molecule has 7 nitrogen and oxygen atoms in total. The van der Waals surface area contributed by atoms with Crippen molar-refractivity contribution in [3.8, 4) is 11.5 Å². The molecule has 0 aliphatic carbocycles. The van der Waals surface area contributed by atoms with Gasteiger partial charge in [-0.05, 0) is 55.0 Å². The number of carbonyl (C=O) groups is 3. The topological polar surface area (TPSA) is 90.9 Å². The molecule has 1 atom stereocenters. The smallest absolute Gasteiger partial charge is 0.339 e. The van der Waals surface area contributed by atoms with E-state index >= 15 is 0 Å². The van der Waals surface area contributed by atoms with Crippen LogP contribution in [0.5, 0.6) is 11.5 Å². The summed E-state index contributed by atoms with van der Waals surface area (Å²) < 4.78 is 15.9. The fourth-order valence-electron chi connectivity index (χ4n) is 3.28. The average Bonchev–Trinajstić information content (AvgIpc) is 3.30. The van der Waals surface area contributed by atoms with Crippen molar-refractivity contribution >= 4 is 29.3 Å². The van der Waals surface area contributed by atoms with Crippen molar-refractivity contribution in [3.63, 3.8) is 0 Å². The lowest BCUT2D eigenvalue weighted by Crippen LogP contribution is -2.35. The van der Waals surface area contributed by atoms with Crippen LogP contribution in [-0.4, -0.2) is 30.6 Å². The van der Waals surface area contributed by atoms with Gasteiger partial charge in [-0.2, -0.15) is 0 Å². The number of nitrogens with one attached hydrogen (secondary N) is 1. The molecule has 1 unspecified atom stereocenters. The van der Waals surface area contributed by atoms with Gasteiger partial charge in [0.2, 0.25) is 6.79 Å². The van der Waals surface area contributed by atoms with Crippen LogP contribution in [0.2, 0.25) is 5.02 Å². The fourth-order valence-corrected chi connectivity index (χ4v) is 3.40. The summed E-state index contributed by atoms with van der Waals surface area (Å²) in [5.74, 6) is -0.317. The predicted molar refractivity (Wildman–Crippen MR) is 121 cm³/mol. The summed E-state index contributed by atoms with van der Waals surface area (Å²) in [6.07, 6.45) is -1.06. The van der Waals surface area contributed by atoms with Gasteiger partial charge < -0.3 is 19.5 Å². The van der Waals surface area contributed by atoms with Gasteiger partial charge >= 0.3 is 5.97 Å².